The summed E-state index contributed by atoms with van der Waals surface area (Å²) in [5.41, 5.74) is 3.93. The summed E-state index contributed by atoms with van der Waals surface area (Å²) in [7, 11) is 1.63. The molecule has 0 bridgehead atoms. The number of aromatic nitrogens is 2. The van der Waals surface area contributed by atoms with E-state index in [-0.39, 0.29) is 5.91 Å². The molecule has 4 aromatic rings. The van der Waals surface area contributed by atoms with Gasteiger partial charge in [0.2, 0.25) is 0 Å². The van der Waals surface area contributed by atoms with Gasteiger partial charge in [-0.15, -0.1) is 11.3 Å². The topological polar surface area (TPSA) is 64.1 Å². The maximum absolute atomic E-state index is 13.0. The molecule has 0 saturated carbocycles. The van der Waals surface area contributed by atoms with Crippen LogP contribution in [0.2, 0.25) is 0 Å². The SMILES string of the molecule is COc1ccc(-c2nc3ccccc3c(C(=O)Nc3nccs3)c2C)cc1. The highest BCUT2D eigenvalue weighted by molar-refractivity contribution is 7.13. The van der Waals surface area contributed by atoms with Gasteiger partial charge in [-0.25, -0.2) is 9.97 Å². The molecule has 1 N–H and O–H groups in total. The first-order chi connectivity index (χ1) is 13.2. The van der Waals surface area contributed by atoms with E-state index in [0.29, 0.717) is 10.7 Å². The van der Waals surface area contributed by atoms with Gasteiger partial charge in [0.15, 0.2) is 5.13 Å². The van der Waals surface area contributed by atoms with Crippen molar-refractivity contribution >= 4 is 33.3 Å². The monoisotopic (exact) mass is 375 g/mol. The summed E-state index contributed by atoms with van der Waals surface area (Å²) in [6, 6.07) is 15.4. The lowest BCUT2D eigenvalue weighted by molar-refractivity contribution is 0.102. The number of pyridine rings is 1. The maximum Gasteiger partial charge on any atom is 0.258 e. The fourth-order valence-corrected chi connectivity index (χ4v) is 3.60. The van der Waals surface area contributed by atoms with E-state index in [1.54, 1.807) is 13.3 Å². The van der Waals surface area contributed by atoms with Gasteiger partial charge in [-0.1, -0.05) is 18.2 Å². The summed E-state index contributed by atoms with van der Waals surface area (Å²) in [5, 5.41) is 6.11. The van der Waals surface area contributed by atoms with E-state index < -0.39 is 0 Å². The lowest BCUT2D eigenvalue weighted by Crippen LogP contribution is -2.15. The predicted octanol–water partition coefficient (Wildman–Crippen LogP) is 4.93. The molecule has 27 heavy (non-hydrogen) atoms. The van der Waals surface area contributed by atoms with E-state index in [0.717, 1.165) is 33.5 Å². The number of amides is 1. The molecule has 0 spiro atoms. The normalized spacial score (nSPS) is 10.7. The highest BCUT2D eigenvalue weighted by Gasteiger charge is 2.19. The molecule has 5 nitrogen and oxygen atoms in total. The van der Waals surface area contributed by atoms with Crippen LogP contribution < -0.4 is 10.1 Å². The van der Waals surface area contributed by atoms with Gasteiger partial charge in [-0.05, 0) is 42.8 Å². The summed E-state index contributed by atoms with van der Waals surface area (Å²) in [6.07, 6.45) is 1.67. The molecular weight excluding hydrogens is 358 g/mol. The van der Waals surface area contributed by atoms with Crippen LogP contribution in [0, 0.1) is 6.92 Å². The summed E-state index contributed by atoms with van der Waals surface area (Å²) in [4.78, 5) is 22.0. The van der Waals surface area contributed by atoms with Gasteiger partial charge < -0.3 is 4.74 Å². The third kappa shape index (κ3) is 3.27. The van der Waals surface area contributed by atoms with E-state index in [4.69, 9.17) is 9.72 Å². The molecule has 134 valence electrons. The van der Waals surface area contributed by atoms with Crippen LogP contribution in [-0.4, -0.2) is 23.0 Å². The first-order valence-corrected chi connectivity index (χ1v) is 9.30. The Bertz CT molecular complexity index is 1110. The molecule has 2 aromatic heterocycles. The number of nitrogens with one attached hydrogen (secondary N) is 1. The largest absolute Gasteiger partial charge is 0.497 e. The molecule has 1 amide bonds. The Morgan fingerprint density at radius 1 is 1.11 bits per heavy atom. The number of methoxy groups -OCH3 is 1. The Balaban J connectivity index is 1.88. The Morgan fingerprint density at radius 3 is 2.59 bits per heavy atom. The van der Waals surface area contributed by atoms with Crippen LogP contribution in [0.15, 0.2) is 60.1 Å². The van der Waals surface area contributed by atoms with E-state index in [1.807, 2.05) is 60.8 Å². The van der Waals surface area contributed by atoms with Crippen LogP contribution in [0.1, 0.15) is 15.9 Å². The zero-order valence-corrected chi connectivity index (χ0v) is 15.7. The lowest BCUT2D eigenvalue weighted by Gasteiger charge is -2.14. The van der Waals surface area contributed by atoms with Crippen molar-refractivity contribution < 1.29 is 9.53 Å². The second-order valence-corrected chi connectivity index (χ2v) is 6.89. The molecule has 0 atom stereocenters. The molecule has 2 aromatic carbocycles. The minimum absolute atomic E-state index is 0.184. The van der Waals surface area contributed by atoms with Crippen molar-refractivity contribution in [2.24, 2.45) is 0 Å². The number of carbonyl (C=O) groups is 1. The Kier molecular flexibility index (Phi) is 4.56. The number of nitrogens with zero attached hydrogens (tertiary/aromatic N) is 2. The third-order valence-corrected chi connectivity index (χ3v) is 5.07. The Labute approximate surface area is 160 Å². The van der Waals surface area contributed by atoms with Gasteiger partial charge in [-0.3, -0.25) is 10.1 Å². The van der Waals surface area contributed by atoms with Gasteiger partial charge in [0.25, 0.3) is 5.91 Å². The first-order valence-electron chi connectivity index (χ1n) is 8.42. The molecule has 2 heterocycles. The van der Waals surface area contributed by atoms with Crippen molar-refractivity contribution in [3.8, 4) is 17.0 Å². The number of carbonyl (C=O) groups excluding carboxylic acids is 1. The highest BCUT2D eigenvalue weighted by Crippen LogP contribution is 2.31. The van der Waals surface area contributed by atoms with Crippen molar-refractivity contribution in [3.05, 3.63) is 71.2 Å². The van der Waals surface area contributed by atoms with Crippen LogP contribution in [0.5, 0.6) is 5.75 Å². The molecule has 0 aliphatic heterocycles. The van der Waals surface area contributed by atoms with Crippen molar-refractivity contribution in [3.63, 3.8) is 0 Å². The fraction of sp³-hybridized carbons (Fsp3) is 0.0952. The smallest absolute Gasteiger partial charge is 0.258 e. The van der Waals surface area contributed by atoms with Crippen LogP contribution in [0.3, 0.4) is 0 Å². The highest BCUT2D eigenvalue weighted by atomic mass is 32.1. The van der Waals surface area contributed by atoms with Crippen molar-refractivity contribution in [2.45, 2.75) is 6.92 Å². The average molecular weight is 375 g/mol. The second-order valence-electron chi connectivity index (χ2n) is 6.00. The number of hydrogen-bond acceptors (Lipinski definition) is 5. The number of thiazole rings is 1. The summed E-state index contributed by atoms with van der Waals surface area (Å²) < 4.78 is 5.24. The van der Waals surface area contributed by atoms with Crippen LogP contribution in [0.4, 0.5) is 5.13 Å². The average Bonchev–Trinajstić information content (AvgIpc) is 3.20. The molecule has 0 fully saturated rings. The summed E-state index contributed by atoms with van der Waals surface area (Å²) >= 11 is 1.39. The lowest BCUT2D eigenvalue weighted by atomic mass is 9.97. The van der Waals surface area contributed by atoms with Crippen molar-refractivity contribution in [2.75, 3.05) is 12.4 Å². The number of fused-ring (bicyclic) bond motifs is 1. The molecule has 4 rings (SSSR count). The molecule has 0 aliphatic carbocycles. The molecule has 6 heteroatoms. The van der Waals surface area contributed by atoms with E-state index in [2.05, 4.69) is 10.3 Å². The van der Waals surface area contributed by atoms with Gasteiger partial charge >= 0.3 is 0 Å². The van der Waals surface area contributed by atoms with Crippen molar-refractivity contribution in [1.82, 2.24) is 9.97 Å². The number of anilines is 1. The summed E-state index contributed by atoms with van der Waals surface area (Å²) in [5.74, 6) is 0.592. The van der Waals surface area contributed by atoms with Crippen molar-refractivity contribution in [1.29, 1.82) is 0 Å². The van der Waals surface area contributed by atoms with Gasteiger partial charge in [0, 0.05) is 22.5 Å². The van der Waals surface area contributed by atoms with Gasteiger partial charge in [-0.2, -0.15) is 0 Å². The molecule has 0 aliphatic rings. The number of hydrogen-bond donors (Lipinski definition) is 1. The first kappa shape index (κ1) is 17.2. The standard InChI is InChI=1S/C21H17N3O2S/c1-13-18(20(25)24-21-22-11-12-27-21)16-5-3-4-6-17(16)23-19(13)14-7-9-15(26-2)10-8-14/h3-12H,1-2H3,(H,22,24,25). The maximum atomic E-state index is 13.0. The molecule has 0 saturated heterocycles. The quantitative estimate of drug-likeness (QED) is 0.549. The Morgan fingerprint density at radius 2 is 1.89 bits per heavy atom. The number of ether oxygens (including phenoxy) is 1. The van der Waals surface area contributed by atoms with E-state index in [9.17, 15) is 4.79 Å². The number of benzene rings is 2. The Hall–Kier alpha value is -3.25. The van der Waals surface area contributed by atoms with Gasteiger partial charge in [0.05, 0.1) is 23.9 Å². The zero-order valence-electron chi connectivity index (χ0n) is 14.9. The van der Waals surface area contributed by atoms with Crippen LogP contribution >= 0.6 is 11.3 Å². The minimum Gasteiger partial charge on any atom is -0.497 e. The molecule has 0 radical (unpaired) electrons. The van der Waals surface area contributed by atoms with Crippen LogP contribution in [-0.2, 0) is 0 Å². The zero-order chi connectivity index (χ0) is 18.8. The molecular formula is C21H17N3O2S. The fourth-order valence-electron chi connectivity index (χ4n) is 3.07. The second kappa shape index (κ2) is 7.17. The predicted molar refractivity (Wildman–Crippen MR) is 109 cm³/mol. The van der Waals surface area contributed by atoms with Gasteiger partial charge in [0.1, 0.15) is 5.75 Å². The van der Waals surface area contributed by atoms with E-state index in [1.165, 1.54) is 11.3 Å². The number of rotatable bonds is 4. The third-order valence-electron chi connectivity index (χ3n) is 4.38. The summed E-state index contributed by atoms with van der Waals surface area (Å²) in [6.45, 7) is 1.93. The van der Waals surface area contributed by atoms with E-state index >= 15 is 0 Å². The number of para-hydroxylation sites is 1. The minimum atomic E-state index is -0.184. The van der Waals surface area contributed by atoms with Crippen LogP contribution in [0.25, 0.3) is 22.2 Å². The molecule has 0 unspecified atom stereocenters.